The van der Waals surface area contributed by atoms with Crippen molar-refractivity contribution in [2.75, 3.05) is 11.9 Å². The number of benzene rings is 1. The number of ketones is 1. The Morgan fingerprint density at radius 3 is 2.67 bits per heavy atom. The third-order valence-corrected chi connectivity index (χ3v) is 3.12. The first-order chi connectivity index (χ1) is 9.99. The number of carbonyl (C=O) groups is 1. The van der Waals surface area contributed by atoms with Crippen LogP contribution < -0.4 is 4.90 Å². The number of hydrogen-bond acceptors (Lipinski definition) is 5. The number of nitro benzene ring substituents is 1. The lowest BCUT2D eigenvalue weighted by atomic mass is 10.1. The molecule has 0 saturated carbocycles. The molecule has 1 aromatic carbocycles. The van der Waals surface area contributed by atoms with Gasteiger partial charge in [-0.3, -0.25) is 19.9 Å². The fourth-order valence-electron chi connectivity index (χ4n) is 2.03. The first-order valence-electron chi connectivity index (χ1n) is 6.39. The van der Waals surface area contributed by atoms with Crippen molar-refractivity contribution in [1.29, 1.82) is 0 Å². The van der Waals surface area contributed by atoms with Gasteiger partial charge in [0, 0.05) is 25.0 Å². The van der Waals surface area contributed by atoms with E-state index in [4.69, 9.17) is 0 Å². The van der Waals surface area contributed by atoms with Crippen LogP contribution in [0.1, 0.15) is 23.0 Å². The second kappa shape index (κ2) is 6.13. The van der Waals surface area contributed by atoms with Gasteiger partial charge in [-0.15, -0.1) is 0 Å². The summed E-state index contributed by atoms with van der Waals surface area (Å²) in [5, 5.41) is 11.1. The fraction of sp³-hybridized carbons (Fsp3) is 0.200. The van der Waals surface area contributed by atoms with Crippen molar-refractivity contribution in [3.05, 3.63) is 64.0 Å². The number of Topliss-reactive ketones (excluding diaryl/α,β-unsaturated/α-hetero) is 1. The number of rotatable bonds is 5. The largest absolute Gasteiger partial charge is 0.368 e. The lowest BCUT2D eigenvalue weighted by molar-refractivity contribution is -0.385. The van der Waals surface area contributed by atoms with Gasteiger partial charge in [0.15, 0.2) is 5.78 Å². The molecular formula is C15H15N3O3. The Morgan fingerprint density at radius 1 is 1.33 bits per heavy atom. The third kappa shape index (κ3) is 3.42. The van der Waals surface area contributed by atoms with Gasteiger partial charge in [0.2, 0.25) is 0 Å². The average Bonchev–Trinajstić information content (AvgIpc) is 2.47. The lowest BCUT2D eigenvalue weighted by Gasteiger charge is -2.19. The number of nitrogens with zero attached hydrogens (tertiary/aromatic N) is 3. The van der Waals surface area contributed by atoms with E-state index in [0.717, 1.165) is 5.69 Å². The van der Waals surface area contributed by atoms with E-state index in [1.54, 1.807) is 12.3 Å². The molecule has 0 saturated heterocycles. The molecule has 1 heterocycles. The molecule has 0 unspecified atom stereocenters. The normalized spacial score (nSPS) is 10.2. The summed E-state index contributed by atoms with van der Waals surface area (Å²) in [6.07, 6.45) is 1.70. The van der Waals surface area contributed by atoms with Gasteiger partial charge in [-0.2, -0.15) is 0 Å². The summed E-state index contributed by atoms with van der Waals surface area (Å²) in [6, 6.07) is 10.2. The molecule has 1 aromatic heterocycles. The van der Waals surface area contributed by atoms with E-state index in [9.17, 15) is 14.9 Å². The maximum atomic E-state index is 11.4. The molecule has 0 N–H and O–H groups in total. The Bertz CT molecular complexity index is 671. The molecule has 0 aliphatic rings. The van der Waals surface area contributed by atoms with Crippen LogP contribution in [-0.4, -0.2) is 22.7 Å². The minimum atomic E-state index is -0.533. The van der Waals surface area contributed by atoms with Gasteiger partial charge in [-0.05, 0) is 31.2 Å². The summed E-state index contributed by atoms with van der Waals surface area (Å²) >= 11 is 0. The van der Waals surface area contributed by atoms with Gasteiger partial charge in [0.25, 0.3) is 5.69 Å². The van der Waals surface area contributed by atoms with Crippen molar-refractivity contribution in [1.82, 2.24) is 4.98 Å². The molecule has 0 fully saturated rings. The summed E-state index contributed by atoms with van der Waals surface area (Å²) in [5.74, 6) is -0.319. The summed E-state index contributed by atoms with van der Waals surface area (Å²) in [5.41, 5.74) is 1.47. The molecule has 2 aromatic rings. The predicted octanol–water partition coefficient (Wildman–Crippen LogP) is 2.83. The van der Waals surface area contributed by atoms with Gasteiger partial charge >= 0.3 is 0 Å². The molecule has 0 spiro atoms. The second-order valence-corrected chi connectivity index (χ2v) is 4.69. The molecule has 0 aliphatic carbocycles. The van der Waals surface area contributed by atoms with Gasteiger partial charge in [-0.1, -0.05) is 6.07 Å². The van der Waals surface area contributed by atoms with E-state index in [1.165, 1.54) is 19.1 Å². The first-order valence-corrected chi connectivity index (χ1v) is 6.39. The van der Waals surface area contributed by atoms with Crippen LogP contribution in [0, 0.1) is 10.1 Å². The van der Waals surface area contributed by atoms with Gasteiger partial charge < -0.3 is 4.90 Å². The van der Waals surface area contributed by atoms with Crippen molar-refractivity contribution in [3.8, 4) is 0 Å². The highest BCUT2D eigenvalue weighted by Gasteiger charge is 2.19. The maximum absolute atomic E-state index is 11.4. The summed E-state index contributed by atoms with van der Waals surface area (Å²) < 4.78 is 0. The lowest BCUT2D eigenvalue weighted by Crippen LogP contribution is -2.17. The molecule has 108 valence electrons. The van der Waals surface area contributed by atoms with Gasteiger partial charge in [0.05, 0.1) is 22.7 Å². The van der Waals surface area contributed by atoms with E-state index in [1.807, 2.05) is 30.1 Å². The zero-order valence-corrected chi connectivity index (χ0v) is 11.8. The molecule has 2 rings (SSSR count). The van der Waals surface area contributed by atoms with Crippen molar-refractivity contribution < 1.29 is 9.72 Å². The third-order valence-electron chi connectivity index (χ3n) is 3.12. The molecule has 0 bridgehead atoms. The van der Waals surface area contributed by atoms with Crippen LogP contribution in [0.2, 0.25) is 0 Å². The smallest absolute Gasteiger partial charge is 0.282 e. The Hall–Kier alpha value is -2.76. The minimum absolute atomic E-state index is 0.120. The van der Waals surface area contributed by atoms with Gasteiger partial charge in [0.1, 0.15) is 0 Å². The highest BCUT2D eigenvalue weighted by atomic mass is 16.6. The fourth-order valence-corrected chi connectivity index (χ4v) is 2.03. The molecule has 21 heavy (non-hydrogen) atoms. The van der Waals surface area contributed by atoms with Crippen LogP contribution >= 0.6 is 0 Å². The molecular weight excluding hydrogens is 270 g/mol. The molecule has 0 radical (unpaired) electrons. The quantitative estimate of drug-likeness (QED) is 0.479. The zero-order chi connectivity index (χ0) is 15.4. The average molecular weight is 285 g/mol. The number of carbonyl (C=O) groups excluding carboxylic acids is 1. The van der Waals surface area contributed by atoms with Crippen LogP contribution in [-0.2, 0) is 6.54 Å². The van der Waals surface area contributed by atoms with Crippen LogP contribution in [0.25, 0.3) is 0 Å². The Kier molecular flexibility index (Phi) is 4.27. The Balaban J connectivity index is 2.30. The van der Waals surface area contributed by atoms with Crippen LogP contribution in [0.4, 0.5) is 11.4 Å². The highest BCUT2D eigenvalue weighted by molar-refractivity contribution is 5.98. The Morgan fingerprint density at radius 2 is 2.10 bits per heavy atom. The standard InChI is InChI=1S/C15H15N3O3/c1-11(19)14-7-6-13(9-15(14)18(20)21)17(2)10-12-5-3-4-8-16-12/h3-9H,10H2,1-2H3. The zero-order valence-electron chi connectivity index (χ0n) is 11.8. The van der Waals surface area contributed by atoms with Crippen molar-refractivity contribution in [3.63, 3.8) is 0 Å². The van der Waals surface area contributed by atoms with Crippen molar-refractivity contribution in [2.45, 2.75) is 13.5 Å². The summed E-state index contributed by atoms with van der Waals surface area (Å²) in [4.78, 5) is 28.0. The molecule has 6 nitrogen and oxygen atoms in total. The van der Waals surface area contributed by atoms with E-state index >= 15 is 0 Å². The number of aromatic nitrogens is 1. The molecule has 0 amide bonds. The molecule has 0 atom stereocenters. The van der Waals surface area contributed by atoms with Crippen molar-refractivity contribution in [2.24, 2.45) is 0 Å². The number of hydrogen-bond donors (Lipinski definition) is 0. The first kappa shape index (κ1) is 14.6. The predicted molar refractivity (Wildman–Crippen MR) is 79.4 cm³/mol. The monoisotopic (exact) mass is 285 g/mol. The molecule has 6 heteroatoms. The maximum Gasteiger partial charge on any atom is 0.282 e. The van der Waals surface area contributed by atoms with E-state index in [0.29, 0.717) is 12.2 Å². The number of pyridine rings is 1. The van der Waals surface area contributed by atoms with Crippen LogP contribution in [0.5, 0.6) is 0 Å². The SMILES string of the molecule is CC(=O)c1ccc(N(C)Cc2ccccn2)cc1[N+](=O)[O-]. The summed E-state index contributed by atoms with van der Waals surface area (Å²) in [7, 11) is 1.82. The Labute approximate surface area is 122 Å². The van der Waals surface area contributed by atoms with Crippen molar-refractivity contribution >= 4 is 17.2 Å². The summed E-state index contributed by atoms with van der Waals surface area (Å²) in [6.45, 7) is 1.84. The van der Waals surface area contributed by atoms with E-state index in [2.05, 4.69) is 4.98 Å². The van der Waals surface area contributed by atoms with E-state index in [-0.39, 0.29) is 17.0 Å². The van der Waals surface area contributed by atoms with Crippen LogP contribution in [0.15, 0.2) is 42.6 Å². The molecule has 0 aliphatic heterocycles. The highest BCUT2D eigenvalue weighted by Crippen LogP contribution is 2.26. The minimum Gasteiger partial charge on any atom is -0.368 e. The van der Waals surface area contributed by atoms with Crippen LogP contribution in [0.3, 0.4) is 0 Å². The topological polar surface area (TPSA) is 76.3 Å². The second-order valence-electron chi connectivity index (χ2n) is 4.69. The van der Waals surface area contributed by atoms with E-state index < -0.39 is 4.92 Å². The number of nitro groups is 1. The number of anilines is 1. The van der Waals surface area contributed by atoms with Gasteiger partial charge in [-0.25, -0.2) is 0 Å².